The van der Waals surface area contributed by atoms with Gasteiger partial charge in [0.05, 0.1) is 11.1 Å². The van der Waals surface area contributed by atoms with Crippen molar-refractivity contribution in [3.8, 4) is 5.69 Å². The summed E-state index contributed by atoms with van der Waals surface area (Å²) in [6.07, 6.45) is 1.91. The Hall–Kier alpha value is -2.67. The Labute approximate surface area is 150 Å². The van der Waals surface area contributed by atoms with Crippen LogP contribution in [0.25, 0.3) is 5.69 Å². The number of thioether (sulfide) groups is 1. The molecule has 3 rings (SSSR count). The molecule has 6 nitrogen and oxygen atoms in total. The lowest BCUT2D eigenvalue weighted by molar-refractivity contribution is -0.120. The topological polar surface area (TPSA) is 72.7 Å². The number of anilines is 1. The molecule has 1 heterocycles. The van der Waals surface area contributed by atoms with Gasteiger partial charge < -0.3 is 5.32 Å². The Morgan fingerprint density at radius 1 is 1.12 bits per heavy atom. The molecule has 0 fully saturated rings. The first kappa shape index (κ1) is 17.2. The van der Waals surface area contributed by atoms with E-state index in [2.05, 4.69) is 20.8 Å². The number of hydrogen-bond acceptors (Lipinski definition) is 5. The first-order chi connectivity index (χ1) is 12.0. The number of rotatable bonds is 5. The molecule has 1 aromatic heterocycles. The Morgan fingerprint density at radius 2 is 1.88 bits per heavy atom. The summed E-state index contributed by atoms with van der Waals surface area (Å²) in [6.45, 7) is 3.82. The number of nitrogens with zero attached hydrogens (tertiary/aromatic N) is 4. The van der Waals surface area contributed by atoms with Crippen molar-refractivity contribution in [1.82, 2.24) is 20.2 Å². The minimum absolute atomic E-state index is 0.0716. The first-order valence-corrected chi connectivity index (χ1v) is 9.04. The molecule has 0 saturated heterocycles. The summed E-state index contributed by atoms with van der Waals surface area (Å²) in [5.41, 5.74) is 1.82. The van der Waals surface area contributed by atoms with Crippen molar-refractivity contribution in [2.75, 3.05) is 11.6 Å². The molecule has 0 atom stereocenters. The zero-order valence-corrected chi connectivity index (χ0v) is 15.1. The second-order valence-corrected chi connectivity index (χ2v) is 6.85. The second-order valence-electron chi connectivity index (χ2n) is 6.07. The van der Waals surface area contributed by atoms with Crippen molar-refractivity contribution >= 4 is 23.4 Å². The number of benzene rings is 2. The van der Waals surface area contributed by atoms with E-state index in [4.69, 9.17) is 0 Å². The minimum atomic E-state index is -0.642. The molecule has 0 aliphatic carbocycles. The van der Waals surface area contributed by atoms with Crippen LogP contribution in [0.15, 0.2) is 59.8 Å². The third-order valence-electron chi connectivity index (χ3n) is 4.04. The molecule has 7 heteroatoms. The molecule has 25 heavy (non-hydrogen) atoms. The van der Waals surface area contributed by atoms with E-state index >= 15 is 0 Å². The minimum Gasteiger partial charge on any atom is -0.325 e. The monoisotopic (exact) mass is 353 g/mol. The summed E-state index contributed by atoms with van der Waals surface area (Å²) in [6, 6.07) is 17.2. The second kappa shape index (κ2) is 7.06. The molecule has 3 aromatic rings. The first-order valence-electron chi connectivity index (χ1n) is 7.82. The van der Waals surface area contributed by atoms with Gasteiger partial charge in [0.15, 0.2) is 0 Å². The summed E-state index contributed by atoms with van der Waals surface area (Å²) in [5.74, 6) is -0.0716. The molecule has 128 valence electrons. The lowest BCUT2D eigenvalue weighted by Crippen LogP contribution is -2.34. The molecule has 0 saturated carbocycles. The van der Waals surface area contributed by atoms with Crippen LogP contribution < -0.4 is 5.32 Å². The number of carbonyl (C=O) groups is 1. The van der Waals surface area contributed by atoms with Crippen LogP contribution in [-0.2, 0) is 10.2 Å². The van der Waals surface area contributed by atoms with Gasteiger partial charge in [0.25, 0.3) is 0 Å². The van der Waals surface area contributed by atoms with E-state index in [1.54, 1.807) is 4.68 Å². The molecule has 0 aliphatic heterocycles. The molecule has 0 radical (unpaired) electrons. The Kier molecular flexibility index (Phi) is 4.85. The fourth-order valence-electron chi connectivity index (χ4n) is 2.46. The molecule has 0 bridgehead atoms. The van der Waals surface area contributed by atoms with E-state index in [1.165, 1.54) is 11.8 Å². The van der Waals surface area contributed by atoms with Crippen molar-refractivity contribution in [2.45, 2.75) is 24.4 Å². The quantitative estimate of drug-likeness (QED) is 0.713. The Morgan fingerprint density at radius 3 is 2.60 bits per heavy atom. The van der Waals surface area contributed by atoms with Gasteiger partial charge in [-0.15, -0.1) is 5.10 Å². The SMILES string of the molecule is CSc1nnnn1-c1cccc(NC(=O)C(C)(C)c2ccccc2)c1. The molecule has 1 N–H and O–H groups in total. The van der Waals surface area contributed by atoms with Gasteiger partial charge in [0, 0.05) is 5.69 Å². The number of carbonyl (C=O) groups excluding carboxylic acids is 1. The summed E-state index contributed by atoms with van der Waals surface area (Å²) >= 11 is 1.46. The average Bonchev–Trinajstić information content (AvgIpc) is 3.11. The average molecular weight is 353 g/mol. The largest absolute Gasteiger partial charge is 0.325 e. The standard InChI is InChI=1S/C18H19N5OS/c1-18(2,13-8-5-4-6-9-13)16(24)19-14-10-7-11-15(12-14)23-17(25-3)20-21-22-23/h4-12H,1-3H3,(H,19,24). The van der Waals surface area contributed by atoms with E-state index < -0.39 is 5.41 Å². The summed E-state index contributed by atoms with van der Waals surface area (Å²) in [4.78, 5) is 12.8. The fourth-order valence-corrected chi connectivity index (χ4v) is 2.89. The highest BCUT2D eigenvalue weighted by Gasteiger charge is 2.29. The number of amides is 1. The van der Waals surface area contributed by atoms with Crippen LogP contribution in [-0.4, -0.2) is 32.4 Å². The molecule has 1 amide bonds. The van der Waals surface area contributed by atoms with Gasteiger partial charge in [-0.3, -0.25) is 4.79 Å². The van der Waals surface area contributed by atoms with E-state index in [9.17, 15) is 4.79 Å². The van der Waals surface area contributed by atoms with Gasteiger partial charge in [0.1, 0.15) is 0 Å². The summed E-state index contributed by atoms with van der Waals surface area (Å²) in [5, 5.41) is 15.3. The summed E-state index contributed by atoms with van der Waals surface area (Å²) < 4.78 is 1.64. The number of tetrazole rings is 1. The van der Waals surface area contributed by atoms with Crippen LogP contribution in [0.1, 0.15) is 19.4 Å². The predicted molar refractivity (Wildman–Crippen MR) is 99.0 cm³/mol. The van der Waals surface area contributed by atoms with Crippen molar-refractivity contribution in [3.05, 3.63) is 60.2 Å². The van der Waals surface area contributed by atoms with E-state index in [1.807, 2.05) is 74.7 Å². The molecule has 0 aliphatic rings. The zero-order chi connectivity index (χ0) is 17.9. The van der Waals surface area contributed by atoms with Gasteiger partial charge in [-0.2, -0.15) is 4.68 Å². The highest BCUT2D eigenvalue weighted by molar-refractivity contribution is 7.98. The molecule has 0 spiro atoms. The number of nitrogens with one attached hydrogen (secondary N) is 1. The van der Waals surface area contributed by atoms with Crippen LogP contribution in [0.5, 0.6) is 0 Å². The highest BCUT2D eigenvalue weighted by atomic mass is 32.2. The maximum Gasteiger partial charge on any atom is 0.234 e. The van der Waals surface area contributed by atoms with Crippen molar-refractivity contribution in [1.29, 1.82) is 0 Å². The van der Waals surface area contributed by atoms with Crippen LogP contribution in [0.2, 0.25) is 0 Å². The highest BCUT2D eigenvalue weighted by Crippen LogP contribution is 2.26. The summed E-state index contributed by atoms with van der Waals surface area (Å²) in [7, 11) is 0. The van der Waals surface area contributed by atoms with Crippen molar-refractivity contribution in [2.24, 2.45) is 0 Å². The molecule has 2 aromatic carbocycles. The van der Waals surface area contributed by atoms with E-state index in [0.29, 0.717) is 10.8 Å². The zero-order valence-electron chi connectivity index (χ0n) is 14.3. The van der Waals surface area contributed by atoms with E-state index in [0.717, 1.165) is 11.3 Å². The maximum absolute atomic E-state index is 12.8. The van der Waals surface area contributed by atoms with Crippen LogP contribution in [0.4, 0.5) is 5.69 Å². The van der Waals surface area contributed by atoms with Crippen LogP contribution in [0.3, 0.4) is 0 Å². The van der Waals surface area contributed by atoms with Gasteiger partial charge in [-0.25, -0.2) is 0 Å². The number of aromatic nitrogens is 4. The van der Waals surface area contributed by atoms with Crippen molar-refractivity contribution < 1.29 is 4.79 Å². The molecular weight excluding hydrogens is 334 g/mol. The lowest BCUT2D eigenvalue weighted by atomic mass is 9.83. The molecular formula is C18H19N5OS. The predicted octanol–water partition coefficient (Wildman–Crippen LogP) is 3.30. The third kappa shape index (κ3) is 3.56. The lowest BCUT2D eigenvalue weighted by Gasteiger charge is -2.24. The van der Waals surface area contributed by atoms with Crippen molar-refractivity contribution in [3.63, 3.8) is 0 Å². The van der Waals surface area contributed by atoms with Crippen LogP contribution >= 0.6 is 11.8 Å². The van der Waals surface area contributed by atoms with Gasteiger partial charge >= 0.3 is 0 Å². The smallest absolute Gasteiger partial charge is 0.234 e. The Balaban J connectivity index is 1.84. The Bertz CT molecular complexity index is 876. The number of hydrogen-bond donors (Lipinski definition) is 1. The van der Waals surface area contributed by atoms with E-state index in [-0.39, 0.29) is 5.91 Å². The van der Waals surface area contributed by atoms with Gasteiger partial charge in [-0.1, -0.05) is 48.2 Å². The third-order valence-corrected chi connectivity index (χ3v) is 4.65. The van der Waals surface area contributed by atoms with Gasteiger partial charge in [0.2, 0.25) is 11.1 Å². The normalized spacial score (nSPS) is 11.3. The van der Waals surface area contributed by atoms with Crippen LogP contribution in [0, 0.1) is 0 Å². The molecule has 0 unspecified atom stereocenters. The van der Waals surface area contributed by atoms with Gasteiger partial charge in [-0.05, 0) is 54.3 Å². The fraction of sp³-hybridized carbons (Fsp3) is 0.222. The maximum atomic E-state index is 12.8.